The lowest BCUT2D eigenvalue weighted by Crippen LogP contribution is -2.29. The number of hydrogen-bond donors (Lipinski definition) is 1. The summed E-state index contributed by atoms with van der Waals surface area (Å²) < 4.78 is 5.99. The van der Waals surface area contributed by atoms with Crippen molar-refractivity contribution >= 4 is 11.4 Å². The van der Waals surface area contributed by atoms with Crippen LogP contribution in [0.1, 0.15) is 57.2 Å². The molecule has 2 aliphatic rings. The van der Waals surface area contributed by atoms with Crippen molar-refractivity contribution < 1.29 is 4.74 Å². The van der Waals surface area contributed by atoms with Gasteiger partial charge in [-0.25, -0.2) is 0 Å². The molecule has 1 heterocycles. The van der Waals surface area contributed by atoms with Crippen LogP contribution in [0.3, 0.4) is 0 Å². The summed E-state index contributed by atoms with van der Waals surface area (Å²) in [6.45, 7) is 11.6. The van der Waals surface area contributed by atoms with Gasteiger partial charge in [-0.3, -0.25) is 0 Å². The second-order valence-electron chi connectivity index (χ2n) is 8.69. The first-order valence-electron chi connectivity index (χ1n) is 11.2. The highest BCUT2D eigenvalue weighted by atomic mass is 16.5. The second-order valence-corrected chi connectivity index (χ2v) is 8.69. The van der Waals surface area contributed by atoms with E-state index in [1.807, 2.05) is 0 Å². The van der Waals surface area contributed by atoms with E-state index in [1.165, 1.54) is 22.5 Å². The summed E-state index contributed by atoms with van der Waals surface area (Å²) in [4.78, 5) is 2.39. The number of benzene rings is 2. The summed E-state index contributed by atoms with van der Waals surface area (Å²) in [5.74, 6) is 2.54. The van der Waals surface area contributed by atoms with Crippen LogP contribution in [-0.4, -0.2) is 19.7 Å². The van der Waals surface area contributed by atoms with Crippen molar-refractivity contribution in [1.82, 2.24) is 0 Å². The third kappa shape index (κ3) is 4.01. The summed E-state index contributed by atoms with van der Waals surface area (Å²) in [6, 6.07) is 16.1. The summed E-state index contributed by atoms with van der Waals surface area (Å²) in [6.07, 6.45) is 5.87. The van der Waals surface area contributed by atoms with Gasteiger partial charge in [-0.2, -0.15) is 0 Å². The average Bonchev–Trinajstić information content (AvgIpc) is 3.23. The summed E-state index contributed by atoms with van der Waals surface area (Å²) in [7, 11) is 0. The Kier molecular flexibility index (Phi) is 5.84. The first-order chi connectivity index (χ1) is 14.1. The number of rotatable bonds is 7. The van der Waals surface area contributed by atoms with Gasteiger partial charge in [-0.1, -0.05) is 38.1 Å². The van der Waals surface area contributed by atoms with Gasteiger partial charge in [0.15, 0.2) is 0 Å². The van der Waals surface area contributed by atoms with E-state index in [2.05, 4.69) is 92.5 Å². The highest BCUT2D eigenvalue weighted by Gasteiger charge is 2.38. The Bertz CT molecular complexity index is 852. The number of hydrogen-bond acceptors (Lipinski definition) is 3. The van der Waals surface area contributed by atoms with Crippen molar-refractivity contribution in [2.75, 3.05) is 29.9 Å². The average molecular weight is 391 g/mol. The second kappa shape index (κ2) is 8.52. The van der Waals surface area contributed by atoms with E-state index in [0.29, 0.717) is 23.8 Å². The van der Waals surface area contributed by atoms with Crippen LogP contribution in [-0.2, 0) is 0 Å². The van der Waals surface area contributed by atoms with E-state index < -0.39 is 0 Å². The van der Waals surface area contributed by atoms with Crippen molar-refractivity contribution in [2.24, 2.45) is 11.8 Å². The van der Waals surface area contributed by atoms with E-state index >= 15 is 0 Å². The maximum Gasteiger partial charge on any atom is 0.119 e. The molecule has 0 aromatic heterocycles. The molecule has 2 aromatic carbocycles. The van der Waals surface area contributed by atoms with E-state index in [9.17, 15) is 0 Å². The van der Waals surface area contributed by atoms with Gasteiger partial charge in [-0.15, -0.1) is 0 Å². The predicted octanol–water partition coefficient (Wildman–Crippen LogP) is 6.39. The third-order valence-corrected chi connectivity index (χ3v) is 6.30. The summed E-state index contributed by atoms with van der Waals surface area (Å²) in [5, 5.41) is 3.84. The molecule has 154 valence electrons. The smallest absolute Gasteiger partial charge is 0.119 e. The van der Waals surface area contributed by atoms with Gasteiger partial charge in [0.05, 0.1) is 12.6 Å². The summed E-state index contributed by atoms with van der Waals surface area (Å²) >= 11 is 0. The Morgan fingerprint density at radius 1 is 1.07 bits per heavy atom. The highest BCUT2D eigenvalue weighted by Crippen LogP contribution is 2.50. The van der Waals surface area contributed by atoms with E-state index in [-0.39, 0.29) is 0 Å². The van der Waals surface area contributed by atoms with Gasteiger partial charge >= 0.3 is 0 Å². The molecule has 3 heteroatoms. The maximum absolute atomic E-state index is 5.99. The monoisotopic (exact) mass is 390 g/mol. The van der Waals surface area contributed by atoms with Crippen LogP contribution in [0.5, 0.6) is 5.75 Å². The highest BCUT2D eigenvalue weighted by molar-refractivity contribution is 5.62. The molecule has 0 bridgehead atoms. The topological polar surface area (TPSA) is 24.5 Å². The predicted molar refractivity (Wildman–Crippen MR) is 123 cm³/mol. The Morgan fingerprint density at radius 3 is 2.52 bits per heavy atom. The maximum atomic E-state index is 5.99. The number of nitrogens with one attached hydrogen (secondary N) is 1. The molecule has 0 radical (unpaired) electrons. The molecule has 0 amide bonds. The molecule has 1 aliphatic heterocycles. The van der Waals surface area contributed by atoms with Crippen molar-refractivity contribution in [1.29, 1.82) is 0 Å². The van der Waals surface area contributed by atoms with Crippen molar-refractivity contribution in [3.05, 3.63) is 65.7 Å². The van der Waals surface area contributed by atoms with Crippen LogP contribution in [0.2, 0.25) is 0 Å². The number of anilines is 2. The fourth-order valence-electron chi connectivity index (χ4n) is 4.74. The fraction of sp³-hybridized carbons (Fsp3) is 0.462. The number of ether oxygens (including phenoxy) is 1. The molecular formula is C26H34N2O. The molecule has 3 atom stereocenters. The zero-order valence-electron chi connectivity index (χ0n) is 18.2. The van der Waals surface area contributed by atoms with E-state index in [4.69, 9.17) is 4.74 Å². The first-order valence-corrected chi connectivity index (χ1v) is 11.2. The minimum Gasteiger partial charge on any atom is -0.493 e. The molecule has 0 saturated heterocycles. The van der Waals surface area contributed by atoms with E-state index in [0.717, 1.165) is 31.9 Å². The lowest BCUT2D eigenvalue weighted by atomic mass is 9.77. The van der Waals surface area contributed by atoms with Gasteiger partial charge < -0.3 is 15.0 Å². The van der Waals surface area contributed by atoms with Gasteiger partial charge in [-0.05, 0) is 73.6 Å². The van der Waals surface area contributed by atoms with Gasteiger partial charge in [0, 0.05) is 30.4 Å². The van der Waals surface area contributed by atoms with Crippen molar-refractivity contribution in [3.63, 3.8) is 0 Å². The third-order valence-electron chi connectivity index (χ3n) is 6.30. The van der Waals surface area contributed by atoms with Crippen LogP contribution in [0, 0.1) is 11.8 Å². The molecule has 0 spiro atoms. The minimum absolute atomic E-state index is 0.343. The van der Waals surface area contributed by atoms with Crippen molar-refractivity contribution in [2.45, 2.75) is 46.1 Å². The van der Waals surface area contributed by atoms with Crippen LogP contribution >= 0.6 is 0 Å². The quantitative estimate of drug-likeness (QED) is 0.554. The molecule has 1 aliphatic carbocycles. The molecule has 3 nitrogen and oxygen atoms in total. The van der Waals surface area contributed by atoms with Crippen LogP contribution in [0.25, 0.3) is 0 Å². The Hall–Kier alpha value is -2.42. The SMILES string of the molecule is CCN(CC)c1ccc(C2Nc3ccc(OCC(C)C)cc3C3C=CCC32)cc1. The first kappa shape index (κ1) is 19.9. The molecule has 1 N–H and O–H groups in total. The molecule has 0 fully saturated rings. The number of allylic oxidation sites excluding steroid dienone is 2. The number of fused-ring (bicyclic) bond motifs is 3. The zero-order chi connectivity index (χ0) is 20.4. The normalized spacial score (nSPS) is 22.2. The lowest BCUT2D eigenvalue weighted by Gasteiger charge is -2.38. The fourth-order valence-corrected chi connectivity index (χ4v) is 4.74. The molecule has 2 aromatic rings. The van der Waals surface area contributed by atoms with E-state index in [1.54, 1.807) is 0 Å². The van der Waals surface area contributed by atoms with Gasteiger partial charge in [0.1, 0.15) is 5.75 Å². The molecular weight excluding hydrogens is 356 g/mol. The minimum atomic E-state index is 0.343. The molecule has 0 saturated carbocycles. The lowest BCUT2D eigenvalue weighted by molar-refractivity contribution is 0.270. The Balaban J connectivity index is 1.59. The number of nitrogens with zero attached hydrogens (tertiary/aromatic N) is 1. The standard InChI is InChI=1S/C26H34N2O/c1-5-28(6-2)20-12-10-19(11-13-20)26-23-9-7-8-22(23)24-16-21(29-17-18(3)4)14-15-25(24)27-26/h7-8,10-16,18,22-23,26-27H,5-6,9,17H2,1-4H3. The largest absolute Gasteiger partial charge is 0.493 e. The van der Waals surface area contributed by atoms with Crippen LogP contribution in [0.15, 0.2) is 54.6 Å². The van der Waals surface area contributed by atoms with Crippen LogP contribution in [0.4, 0.5) is 11.4 Å². The Morgan fingerprint density at radius 2 is 1.83 bits per heavy atom. The van der Waals surface area contributed by atoms with Crippen molar-refractivity contribution in [3.8, 4) is 5.75 Å². The van der Waals surface area contributed by atoms with Gasteiger partial charge in [0.2, 0.25) is 0 Å². The van der Waals surface area contributed by atoms with Crippen LogP contribution < -0.4 is 15.0 Å². The van der Waals surface area contributed by atoms with Gasteiger partial charge in [0.25, 0.3) is 0 Å². The Labute approximate surface area is 175 Å². The molecule has 4 rings (SSSR count). The molecule has 3 unspecified atom stereocenters. The zero-order valence-corrected chi connectivity index (χ0v) is 18.2. The molecule has 29 heavy (non-hydrogen) atoms. The summed E-state index contributed by atoms with van der Waals surface area (Å²) in [5.41, 5.74) is 5.31.